The molecule has 3 aromatic carbocycles. The number of amides is 2. The Morgan fingerprint density at radius 1 is 0.625 bits per heavy atom. The molecule has 10 nitrogen and oxygen atoms in total. The van der Waals surface area contributed by atoms with Gasteiger partial charge >= 0.3 is 11.9 Å². The van der Waals surface area contributed by atoms with Gasteiger partial charge in [0.1, 0.15) is 0 Å². The summed E-state index contributed by atoms with van der Waals surface area (Å²) in [6.07, 6.45) is 0. The van der Waals surface area contributed by atoms with E-state index in [1.165, 1.54) is 36.4 Å². The molecule has 0 aliphatic carbocycles. The van der Waals surface area contributed by atoms with E-state index >= 15 is 0 Å². The molecule has 32 heavy (non-hydrogen) atoms. The number of carboxylic acids is 2. The fourth-order valence-corrected chi connectivity index (χ4v) is 2.76. The van der Waals surface area contributed by atoms with Crippen LogP contribution in [0, 0.1) is 0 Å². The quantitative estimate of drug-likeness (QED) is 0.453. The lowest BCUT2D eigenvalue weighted by Crippen LogP contribution is -2.16. The molecule has 0 aromatic heterocycles. The summed E-state index contributed by atoms with van der Waals surface area (Å²) in [4.78, 5) is 47.1. The molecule has 0 fully saturated rings. The fraction of sp³-hybridized carbons (Fsp3) is 0. The number of carbonyl (C=O) groups excluding carboxylic acids is 2. The number of aromatic carboxylic acids is 2. The molecular formula is C22H14N2O8-2. The Bertz CT molecular complexity index is 1160. The first-order valence-electron chi connectivity index (χ1n) is 8.97. The molecule has 10 heteroatoms. The molecule has 0 saturated heterocycles. The van der Waals surface area contributed by atoms with E-state index in [2.05, 4.69) is 10.6 Å². The van der Waals surface area contributed by atoms with Crippen LogP contribution in [0.3, 0.4) is 0 Å². The summed E-state index contributed by atoms with van der Waals surface area (Å²) in [6.45, 7) is 0. The molecule has 0 aliphatic rings. The van der Waals surface area contributed by atoms with Gasteiger partial charge in [0, 0.05) is 22.5 Å². The Labute approximate surface area is 180 Å². The van der Waals surface area contributed by atoms with Gasteiger partial charge < -0.3 is 31.1 Å². The third-order valence-electron chi connectivity index (χ3n) is 4.32. The van der Waals surface area contributed by atoms with Crippen molar-refractivity contribution in [3.8, 4) is 11.5 Å². The van der Waals surface area contributed by atoms with Crippen LogP contribution in [0.4, 0.5) is 11.4 Å². The lowest BCUT2D eigenvalue weighted by atomic mass is 10.1. The van der Waals surface area contributed by atoms with E-state index < -0.39 is 46.4 Å². The normalized spacial score (nSPS) is 10.2. The van der Waals surface area contributed by atoms with Gasteiger partial charge in [-0.2, -0.15) is 0 Å². The molecule has 0 unspecified atom stereocenters. The van der Waals surface area contributed by atoms with E-state index in [0.29, 0.717) is 0 Å². The van der Waals surface area contributed by atoms with E-state index in [0.717, 1.165) is 24.3 Å². The largest absolute Gasteiger partial charge is 0.872 e. The van der Waals surface area contributed by atoms with Gasteiger partial charge in [0.25, 0.3) is 11.8 Å². The molecule has 0 saturated carbocycles. The molecule has 2 amide bonds. The van der Waals surface area contributed by atoms with Gasteiger partial charge in [0.2, 0.25) is 0 Å². The van der Waals surface area contributed by atoms with Crippen molar-refractivity contribution in [2.24, 2.45) is 0 Å². The average molecular weight is 434 g/mol. The molecule has 0 atom stereocenters. The zero-order chi connectivity index (χ0) is 23.4. The topological polar surface area (TPSA) is 179 Å². The number of carbonyl (C=O) groups is 4. The van der Waals surface area contributed by atoms with Gasteiger partial charge in [-0.1, -0.05) is 29.7 Å². The van der Waals surface area contributed by atoms with Crippen LogP contribution in [0.2, 0.25) is 0 Å². The van der Waals surface area contributed by atoms with Crippen molar-refractivity contribution in [1.29, 1.82) is 0 Å². The van der Waals surface area contributed by atoms with E-state index in [9.17, 15) is 29.4 Å². The van der Waals surface area contributed by atoms with Crippen molar-refractivity contribution in [3.63, 3.8) is 0 Å². The molecule has 0 heterocycles. The lowest BCUT2D eigenvalue weighted by Gasteiger charge is -2.13. The molecule has 0 aliphatic heterocycles. The maximum atomic E-state index is 12.5. The van der Waals surface area contributed by atoms with Gasteiger partial charge in [-0.15, -0.1) is 0 Å². The Kier molecular flexibility index (Phi) is 6.06. The second-order valence-corrected chi connectivity index (χ2v) is 6.52. The molecule has 0 radical (unpaired) electrons. The maximum Gasteiger partial charge on any atom is 0.335 e. The Balaban J connectivity index is 1.78. The van der Waals surface area contributed by atoms with Crippen LogP contribution in [-0.2, 0) is 0 Å². The van der Waals surface area contributed by atoms with Gasteiger partial charge in [-0.3, -0.25) is 9.59 Å². The number of hydrogen-bond acceptors (Lipinski definition) is 6. The van der Waals surface area contributed by atoms with Crippen LogP contribution < -0.4 is 20.8 Å². The van der Waals surface area contributed by atoms with Gasteiger partial charge in [0.05, 0.1) is 11.1 Å². The Morgan fingerprint density at radius 2 is 1.03 bits per heavy atom. The van der Waals surface area contributed by atoms with E-state index in [1.807, 2.05) is 0 Å². The Hall–Kier alpha value is -4.86. The number of hydrogen-bond donors (Lipinski definition) is 4. The lowest BCUT2D eigenvalue weighted by molar-refractivity contribution is -0.269. The number of carboxylic acid groups (broad SMARTS) is 2. The summed E-state index contributed by atoms with van der Waals surface area (Å²) < 4.78 is 0. The highest BCUT2D eigenvalue weighted by Gasteiger charge is 2.13. The summed E-state index contributed by atoms with van der Waals surface area (Å²) >= 11 is 0. The van der Waals surface area contributed by atoms with E-state index in [4.69, 9.17) is 10.2 Å². The zero-order valence-corrected chi connectivity index (χ0v) is 16.1. The first-order chi connectivity index (χ1) is 15.2. The van der Waals surface area contributed by atoms with Crippen LogP contribution >= 0.6 is 0 Å². The first-order valence-corrected chi connectivity index (χ1v) is 8.97. The standard InChI is InChI=1S/C22H16N2O8/c25-17-6-4-13(9-15(17)21(29)30)23-19(27)11-2-1-3-12(8-11)20(28)24-14-5-7-18(26)16(10-14)22(31)32/h1-10,25-26H,(H,23,27)(H,24,28)(H,29,30)(H,31,32)/p-2. The van der Waals surface area contributed by atoms with Gasteiger partial charge in [-0.25, -0.2) is 9.59 Å². The fourth-order valence-electron chi connectivity index (χ4n) is 2.76. The number of nitrogens with one attached hydrogen (secondary N) is 2. The van der Waals surface area contributed by atoms with Crippen LogP contribution in [0.5, 0.6) is 11.5 Å². The summed E-state index contributed by atoms with van der Waals surface area (Å²) in [5.41, 5.74) is -0.688. The predicted molar refractivity (Wildman–Crippen MR) is 108 cm³/mol. The Morgan fingerprint density at radius 3 is 1.41 bits per heavy atom. The first kappa shape index (κ1) is 21.8. The average Bonchev–Trinajstić information content (AvgIpc) is 2.76. The van der Waals surface area contributed by atoms with Crippen LogP contribution in [0.1, 0.15) is 41.4 Å². The molecular weight excluding hydrogens is 420 g/mol. The minimum absolute atomic E-state index is 0.0712. The minimum atomic E-state index is -1.43. The third kappa shape index (κ3) is 4.82. The van der Waals surface area contributed by atoms with Crippen LogP contribution in [0.15, 0.2) is 60.7 Å². The highest BCUT2D eigenvalue weighted by atomic mass is 16.4. The number of rotatable bonds is 6. The molecule has 3 aromatic rings. The monoisotopic (exact) mass is 434 g/mol. The highest BCUT2D eigenvalue weighted by Crippen LogP contribution is 2.21. The van der Waals surface area contributed by atoms with Crippen LogP contribution in [0.25, 0.3) is 0 Å². The van der Waals surface area contributed by atoms with Crippen molar-refractivity contribution >= 4 is 35.1 Å². The van der Waals surface area contributed by atoms with Crippen LogP contribution in [-0.4, -0.2) is 34.0 Å². The smallest absolute Gasteiger partial charge is 0.335 e. The van der Waals surface area contributed by atoms with Crippen molar-refractivity contribution in [2.75, 3.05) is 10.6 Å². The van der Waals surface area contributed by atoms with Gasteiger partial charge in [-0.05, 0) is 42.5 Å². The van der Waals surface area contributed by atoms with Gasteiger partial charge in [0.15, 0.2) is 0 Å². The van der Waals surface area contributed by atoms with Crippen molar-refractivity contribution in [3.05, 3.63) is 82.9 Å². The van der Waals surface area contributed by atoms with E-state index in [1.54, 1.807) is 0 Å². The highest BCUT2D eigenvalue weighted by molar-refractivity contribution is 6.09. The maximum absolute atomic E-state index is 12.5. The van der Waals surface area contributed by atoms with Crippen molar-refractivity contribution < 1.29 is 39.6 Å². The molecule has 4 N–H and O–H groups in total. The molecule has 162 valence electrons. The van der Waals surface area contributed by atoms with Crippen molar-refractivity contribution in [1.82, 2.24) is 0 Å². The zero-order valence-electron chi connectivity index (χ0n) is 16.1. The molecule has 0 bridgehead atoms. The summed E-state index contributed by atoms with van der Waals surface area (Å²) in [6, 6.07) is 12.1. The second-order valence-electron chi connectivity index (χ2n) is 6.52. The predicted octanol–water partition coefficient (Wildman–Crippen LogP) is 1.73. The summed E-state index contributed by atoms with van der Waals surface area (Å²) in [7, 11) is 0. The SMILES string of the molecule is O=C(Nc1ccc([O-])c(C(=O)O)c1)c1cccc(C(=O)Nc2ccc([O-])c(C(=O)O)c2)c1. The second kappa shape index (κ2) is 8.88. The summed E-state index contributed by atoms with van der Waals surface area (Å²) in [5.74, 6) is -5.57. The number of benzene rings is 3. The summed E-state index contributed by atoms with van der Waals surface area (Å²) in [5, 5.41) is 46.0. The third-order valence-corrected chi connectivity index (χ3v) is 4.32. The van der Waals surface area contributed by atoms with Crippen molar-refractivity contribution in [2.45, 2.75) is 0 Å². The minimum Gasteiger partial charge on any atom is -0.872 e. The number of anilines is 2. The van der Waals surface area contributed by atoms with E-state index in [-0.39, 0.29) is 22.5 Å². The molecule has 0 spiro atoms. The molecule has 3 rings (SSSR count).